The molecule has 0 atom stereocenters. The number of phenolic OH excluding ortho intramolecular Hbond substituents is 1. The lowest BCUT2D eigenvalue weighted by molar-refractivity contribution is 0.475. The number of aromatic hydroxyl groups is 1. The van der Waals surface area contributed by atoms with E-state index in [4.69, 9.17) is 5.73 Å². The van der Waals surface area contributed by atoms with E-state index in [0.717, 1.165) is 5.56 Å². The van der Waals surface area contributed by atoms with E-state index >= 15 is 0 Å². The summed E-state index contributed by atoms with van der Waals surface area (Å²) in [7, 11) is -3.52. The molecule has 0 bridgehead atoms. The fraction of sp³-hybridized carbons (Fsp3) is 0.143. The first-order valence-corrected chi connectivity index (χ1v) is 7.40. The van der Waals surface area contributed by atoms with E-state index in [9.17, 15) is 13.5 Å². The van der Waals surface area contributed by atoms with Crippen molar-refractivity contribution in [1.82, 2.24) is 0 Å². The van der Waals surface area contributed by atoms with E-state index in [1.54, 1.807) is 30.3 Å². The first kappa shape index (κ1) is 13.4. The Bertz CT molecular complexity index is 708. The van der Waals surface area contributed by atoms with E-state index in [2.05, 4.69) is 0 Å². The third-order valence-corrected chi connectivity index (χ3v) is 4.51. The Labute approximate surface area is 112 Å². The highest BCUT2D eigenvalue weighted by molar-refractivity contribution is 7.90. The predicted octanol–water partition coefficient (Wildman–Crippen LogP) is 2.26. The number of nitrogens with two attached hydrogens (primary N) is 1. The number of hydrogen-bond donors (Lipinski definition) is 2. The highest BCUT2D eigenvalue weighted by Crippen LogP contribution is 2.24. The van der Waals surface area contributed by atoms with Crippen LogP contribution >= 0.6 is 0 Å². The number of hydrogen-bond acceptors (Lipinski definition) is 4. The van der Waals surface area contributed by atoms with Crippen molar-refractivity contribution in [1.29, 1.82) is 0 Å². The zero-order valence-electron chi connectivity index (χ0n) is 10.5. The molecule has 0 saturated heterocycles. The average Bonchev–Trinajstić information content (AvgIpc) is 2.31. The van der Waals surface area contributed by atoms with Gasteiger partial charge in [0.25, 0.3) is 0 Å². The van der Waals surface area contributed by atoms with Gasteiger partial charge in [-0.3, -0.25) is 0 Å². The maximum Gasteiger partial charge on any atom is 0.184 e. The first-order chi connectivity index (χ1) is 8.88. The second-order valence-corrected chi connectivity index (χ2v) is 6.43. The van der Waals surface area contributed by atoms with Crippen molar-refractivity contribution in [2.75, 3.05) is 5.73 Å². The molecule has 0 heterocycles. The van der Waals surface area contributed by atoms with Gasteiger partial charge in [-0.15, -0.1) is 0 Å². The van der Waals surface area contributed by atoms with Crippen LogP contribution in [0.25, 0.3) is 0 Å². The number of nitrogen functional groups attached to an aromatic ring is 1. The lowest BCUT2D eigenvalue weighted by atomic mass is 10.2. The standard InChI is InChI=1S/C14H15NO3S/c1-10-5-6-13(15)14(7-10)19(17,18)9-11-3-2-4-12(16)8-11/h2-8,16H,9,15H2,1H3. The van der Waals surface area contributed by atoms with Crippen LogP contribution in [0.3, 0.4) is 0 Å². The van der Waals surface area contributed by atoms with Crippen molar-refractivity contribution >= 4 is 15.5 Å². The minimum Gasteiger partial charge on any atom is -0.508 e. The minimum absolute atomic E-state index is 0.0462. The molecule has 2 aromatic rings. The van der Waals surface area contributed by atoms with Crippen LogP contribution in [0.15, 0.2) is 47.4 Å². The molecule has 0 aliphatic carbocycles. The van der Waals surface area contributed by atoms with E-state index in [-0.39, 0.29) is 22.1 Å². The third kappa shape index (κ3) is 3.06. The van der Waals surface area contributed by atoms with Gasteiger partial charge in [0, 0.05) is 0 Å². The highest BCUT2D eigenvalue weighted by Gasteiger charge is 2.18. The normalized spacial score (nSPS) is 11.4. The van der Waals surface area contributed by atoms with Gasteiger partial charge in [-0.2, -0.15) is 0 Å². The number of benzene rings is 2. The van der Waals surface area contributed by atoms with Gasteiger partial charge in [-0.05, 0) is 42.3 Å². The monoisotopic (exact) mass is 277 g/mol. The largest absolute Gasteiger partial charge is 0.508 e. The van der Waals surface area contributed by atoms with Gasteiger partial charge in [0.2, 0.25) is 0 Å². The summed E-state index contributed by atoms with van der Waals surface area (Å²) in [5.74, 6) is -0.139. The van der Waals surface area contributed by atoms with Gasteiger partial charge in [-0.25, -0.2) is 8.42 Å². The van der Waals surface area contributed by atoms with Gasteiger partial charge >= 0.3 is 0 Å². The summed E-state index contributed by atoms with van der Waals surface area (Å²) in [5.41, 5.74) is 7.34. The second-order valence-electron chi connectivity index (χ2n) is 4.47. The molecule has 0 aliphatic rings. The molecule has 2 aromatic carbocycles. The summed E-state index contributed by atoms with van der Waals surface area (Å²) < 4.78 is 24.6. The molecule has 0 spiro atoms. The molecule has 2 rings (SSSR count). The van der Waals surface area contributed by atoms with E-state index in [0.29, 0.717) is 5.56 Å². The van der Waals surface area contributed by atoms with Crippen LogP contribution in [-0.4, -0.2) is 13.5 Å². The van der Waals surface area contributed by atoms with E-state index < -0.39 is 9.84 Å². The second kappa shape index (κ2) is 4.93. The summed E-state index contributed by atoms with van der Waals surface area (Å²) in [6, 6.07) is 11.1. The molecule has 0 aliphatic heterocycles. The fourth-order valence-corrected chi connectivity index (χ4v) is 3.42. The predicted molar refractivity (Wildman–Crippen MR) is 74.6 cm³/mol. The van der Waals surface area contributed by atoms with E-state index in [1.165, 1.54) is 12.1 Å². The lowest BCUT2D eigenvalue weighted by Gasteiger charge is -2.09. The molecular formula is C14H15NO3S. The van der Waals surface area contributed by atoms with Gasteiger partial charge in [0.1, 0.15) is 5.75 Å². The number of aryl methyl sites for hydroxylation is 1. The van der Waals surface area contributed by atoms with Crippen LogP contribution in [0.2, 0.25) is 0 Å². The molecule has 5 heteroatoms. The van der Waals surface area contributed by atoms with Crippen molar-refractivity contribution in [2.45, 2.75) is 17.6 Å². The summed E-state index contributed by atoms with van der Waals surface area (Å²) in [6.07, 6.45) is 0. The summed E-state index contributed by atoms with van der Waals surface area (Å²) in [5, 5.41) is 9.36. The SMILES string of the molecule is Cc1ccc(N)c(S(=O)(=O)Cc2cccc(O)c2)c1. The van der Waals surface area contributed by atoms with Crippen LogP contribution < -0.4 is 5.73 Å². The number of phenols is 1. The average molecular weight is 277 g/mol. The van der Waals surface area contributed by atoms with Gasteiger partial charge in [0.05, 0.1) is 16.3 Å². The maximum absolute atomic E-state index is 12.3. The molecule has 100 valence electrons. The van der Waals surface area contributed by atoms with Crippen LogP contribution in [0, 0.1) is 6.92 Å². The topological polar surface area (TPSA) is 80.4 Å². The molecule has 3 N–H and O–H groups in total. The molecule has 19 heavy (non-hydrogen) atoms. The number of sulfone groups is 1. The van der Waals surface area contributed by atoms with Crippen LogP contribution in [0.1, 0.15) is 11.1 Å². The van der Waals surface area contributed by atoms with Crippen molar-refractivity contribution in [3.63, 3.8) is 0 Å². The van der Waals surface area contributed by atoms with Gasteiger partial charge < -0.3 is 10.8 Å². The summed E-state index contributed by atoms with van der Waals surface area (Å²) >= 11 is 0. The summed E-state index contributed by atoms with van der Waals surface area (Å²) in [6.45, 7) is 1.81. The number of anilines is 1. The van der Waals surface area contributed by atoms with Crippen LogP contribution in [0.4, 0.5) is 5.69 Å². The lowest BCUT2D eigenvalue weighted by Crippen LogP contribution is -2.08. The molecule has 0 amide bonds. The molecule has 0 radical (unpaired) electrons. The van der Waals surface area contributed by atoms with Crippen LogP contribution in [-0.2, 0) is 15.6 Å². The molecule has 0 aromatic heterocycles. The molecule has 0 unspecified atom stereocenters. The van der Waals surface area contributed by atoms with Crippen molar-refractivity contribution < 1.29 is 13.5 Å². The van der Waals surface area contributed by atoms with E-state index in [1.807, 2.05) is 6.92 Å². The molecule has 4 nitrogen and oxygen atoms in total. The summed E-state index contributed by atoms with van der Waals surface area (Å²) in [4.78, 5) is 0.135. The highest BCUT2D eigenvalue weighted by atomic mass is 32.2. The zero-order valence-corrected chi connectivity index (χ0v) is 11.3. The Kier molecular flexibility index (Phi) is 3.48. The Morgan fingerprint density at radius 3 is 2.58 bits per heavy atom. The Balaban J connectivity index is 2.40. The van der Waals surface area contributed by atoms with Crippen molar-refractivity contribution in [2.24, 2.45) is 0 Å². The first-order valence-electron chi connectivity index (χ1n) is 5.75. The third-order valence-electron chi connectivity index (χ3n) is 2.77. The number of rotatable bonds is 3. The van der Waals surface area contributed by atoms with Gasteiger partial charge in [0.15, 0.2) is 9.84 Å². The Morgan fingerprint density at radius 1 is 1.16 bits per heavy atom. The smallest absolute Gasteiger partial charge is 0.184 e. The zero-order chi connectivity index (χ0) is 14.0. The Hall–Kier alpha value is -2.01. The van der Waals surface area contributed by atoms with Crippen LogP contribution in [0.5, 0.6) is 5.75 Å². The van der Waals surface area contributed by atoms with Crippen molar-refractivity contribution in [3.8, 4) is 5.75 Å². The quantitative estimate of drug-likeness (QED) is 0.843. The Morgan fingerprint density at radius 2 is 1.89 bits per heavy atom. The van der Waals surface area contributed by atoms with Gasteiger partial charge in [-0.1, -0.05) is 18.2 Å². The minimum atomic E-state index is -3.52. The molecule has 0 fully saturated rings. The molecular weight excluding hydrogens is 262 g/mol. The van der Waals surface area contributed by atoms with Crippen molar-refractivity contribution in [3.05, 3.63) is 53.6 Å². The fourth-order valence-electron chi connectivity index (χ4n) is 1.85. The molecule has 0 saturated carbocycles. The maximum atomic E-state index is 12.3.